The molecule has 1 aromatic carbocycles. The zero-order chi connectivity index (χ0) is 12.7. The van der Waals surface area contributed by atoms with Crippen LogP contribution < -0.4 is 11.2 Å². The van der Waals surface area contributed by atoms with E-state index in [1.54, 1.807) is 0 Å². The van der Waals surface area contributed by atoms with Crippen LogP contribution >= 0.6 is 0 Å². The van der Waals surface area contributed by atoms with E-state index in [4.69, 9.17) is 5.73 Å². The van der Waals surface area contributed by atoms with E-state index >= 15 is 0 Å². The van der Waals surface area contributed by atoms with Gasteiger partial charge in [0.05, 0.1) is 5.71 Å². The number of primary amides is 1. The number of nitrogens with one attached hydrogen (secondary N) is 1. The highest BCUT2D eigenvalue weighted by Gasteiger charge is 2.00. The van der Waals surface area contributed by atoms with Gasteiger partial charge in [-0.05, 0) is 24.5 Å². The first-order valence-corrected chi connectivity index (χ1v) is 5.49. The molecule has 0 aliphatic carbocycles. The van der Waals surface area contributed by atoms with Crippen molar-refractivity contribution < 1.29 is 4.79 Å². The Kier molecular flexibility index (Phi) is 4.94. The lowest BCUT2D eigenvalue weighted by Gasteiger charge is -2.04. The van der Waals surface area contributed by atoms with E-state index in [0.717, 1.165) is 23.3 Å². The molecule has 0 atom stereocenters. The Labute approximate surface area is 101 Å². The summed E-state index contributed by atoms with van der Waals surface area (Å²) in [6, 6.07) is 9.29. The van der Waals surface area contributed by atoms with E-state index in [1.165, 1.54) is 0 Å². The minimum Gasteiger partial charge on any atom is -0.350 e. The summed E-state index contributed by atoms with van der Waals surface area (Å²) in [7, 11) is 0. The van der Waals surface area contributed by atoms with E-state index in [0.29, 0.717) is 0 Å². The Hall–Kier alpha value is -2.10. The summed E-state index contributed by atoms with van der Waals surface area (Å²) >= 11 is 0. The Balaban J connectivity index is 2.86. The van der Waals surface area contributed by atoms with Gasteiger partial charge in [-0.1, -0.05) is 43.3 Å². The van der Waals surface area contributed by atoms with Gasteiger partial charge in [0.2, 0.25) is 0 Å². The summed E-state index contributed by atoms with van der Waals surface area (Å²) in [6.45, 7) is 3.93. The fraction of sp³-hybridized carbons (Fsp3) is 0.231. The number of hydrogen-bond donors (Lipinski definition) is 2. The molecule has 0 bridgehead atoms. The number of carbonyl (C=O) groups is 1. The van der Waals surface area contributed by atoms with Crippen LogP contribution in [0.2, 0.25) is 0 Å². The summed E-state index contributed by atoms with van der Waals surface area (Å²) in [5.41, 5.74) is 10.1. The number of carbonyl (C=O) groups excluding carboxylic acids is 1. The lowest BCUT2D eigenvalue weighted by atomic mass is 10.1. The van der Waals surface area contributed by atoms with Crippen LogP contribution in [0.25, 0.3) is 6.08 Å². The number of rotatable bonds is 4. The second-order valence-corrected chi connectivity index (χ2v) is 3.63. The molecule has 0 aromatic heterocycles. The molecule has 0 unspecified atom stereocenters. The van der Waals surface area contributed by atoms with Crippen molar-refractivity contribution in [2.75, 3.05) is 0 Å². The van der Waals surface area contributed by atoms with Crippen molar-refractivity contribution >= 4 is 17.8 Å². The molecule has 17 heavy (non-hydrogen) atoms. The van der Waals surface area contributed by atoms with Crippen LogP contribution in [-0.2, 0) is 0 Å². The molecule has 1 aromatic rings. The summed E-state index contributed by atoms with van der Waals surface area (Å²) in [5.74, 6) is 0. The minimum atomic E-state index is -0.650. The lowest BCUT2D eigenvalue weighted by Crippen LogP contribution is -2.25. The van der Waals surface area contributed by atoms with Crippen molar-refractivity contribution in [3.05, 3.63) is 41.5 Å². The third-order valence-electron chi connectivity index (χ3n) is 2.27. The first-order valence-electron chi connectivity index (χ1n) is 5.49. The molecule has 0 heterocycles. The SMILES string of the molecule is CCC(=N/NC(N)=O)/C(C)=C/c1ccccc1. The average molecular weight is 231 g/mol. The zero-order valence-corrected chi connectivity index (χ0v) is 10.1. The summed E-state index contributed by atoms with van der Waals surface area (Å²) in [4.78, 5) is 10.6. The standard InChI is InChI=1S/C13H17N3O/c1-3-12(15-16-13(14)17)10(2)9-11-7-5-4-6-8-11/h4-9H,3H2,1-2H3,(H3,14,16,17)/b10-9+,15-12-. The maximum Gasteiger partial charge on any atom is 0.332 e. The Bertz CT molecular complexity index is 435. The quantitative estimate of drug-likeness (QED) is 0.606. The van der Waals surface area contributed by atoms with Gasteiger partial charge in [-0.3, -0.25) is 0 Å². The molecule has 0 saturated carbocycles. The number of nitrogens with two attached hydrogens (primary N) is 1. The molecule has 4 nitrogen and oxygen atoms in total. The number of hydrogen-bond acceptors (Lipinski definition) is 2. The van der Waals surface area contributed by atoms with Gasteiger partial charge >= 0.3 is 6.03 Å². The number of allylic oxidation sites excluding steroid dienone is 1. The summed E-state index contributed by atoms with van der Waals surface area (Å²) < 4.78 is 0. The largest absolute Gasteiger partial charge is 0.350 e. The molecule has 90 valence electrons. The highest BCUT2D eigenvalue weighted by molar-refractivity contribution is 6.03. The molecular formula is C13H17N3O. The minimum absolute atomic E-state index is 0.650. The molecule has 4 heteroatoms. The van der Waals surface area contributed by atoms with E-state index in [2.05, 4.69) is 10.5 Å². The number of urea groups is 1. The summed E-state index contributed by atoms with van der Waals surface area (Å²) in [6.07, 6.45) is 2.75. The number of hydrazone groups is 1. The maximum absolute atomic E-state index is 10.6. The number of nitrogens with zero attached hydrogens (tertiary/aromatic N) is 1. The van der Waals surface area contributed by atoms with Crippen LogP contribution in [0.15, 0.2) is 41.0 Å². The fourth-order valence-electron chi connectivity index (χ4n) is 1.45. The van der Waals surface area contributed by atoms with Gasteiger partial charge in [0.1, 0.15) is 0 Å². The lowest BCUT2D eigenvalue weighted by molar-refractivity contribution is 0.249. The highest BCUT2D eigenvalue weighted by atomic mass is 16.2. The molecule has 0 spiro atoms. The van der Waals surface area contributed by atoms with Crippen molar-refractivity contribution in [3.63, 3.8) is 0 Å². The third kappa shape index (κ3) is 4.51. The predicted octanol–water partition coefficient (Wildman–Crippen LogP) is 2.52. The molecule has 1 rings (SSSR count). The molecular weight excluding hydrogens is 214 g/mol. The monoisotopic (exact) mass is 231 g/mol. The van der Waals surface area contributed by atoms with Crippen LogP contribution in [0, 0.1) is 0 Å². The number of benzene rings is 1. The molecule has 0 aliphatic rings. The fourth-order valence-corrected chi connectivity index (χ4v) is 1.45. The normalized spacial score (nSPS) is 12.4. The van der Waals surface area contributed by atoms with Crippen molar-refractivity contribution in [2.45, 2.75) is 20.3 Å². The topological polar surface area (TPSA) is 67.5 Å². The Morgan fingerprint density at radius 3 is 2.59 bits per heavy atom. The molecule has 0 aliphatic heterocycles. The van der Waals surface area contributed by atoms with Crippen molar-refractivity contribution in [1.82, 2.24) is 5.43 Å². The van der Waals surface area contributed by atoms with Crippen LogP contribution in [0.4, 0.5) is 4.79 Å². The molecule has 0 saturated heterocycles. The second-order valence-electron chi connectivity index (χ2n) is 3.63. The van der Waals surface area contributed by atoms with Gasteiger partial charge in [0.25, 0.3) is 0 Å². The van der Waals surface area contributed by atoms with E-state index in [-0.39, 0.29) is 0 Å². The van der Waals surface area contributed by atoms with E-state index in [1.807, 2.05) is 50.3 Å². The summed E-state index contributed by atoms with van der Waals surface area (Å²) in [5, 5.41) is 3.96. The first kappa shape index (κ1) is 13.0. The van der Waals surface area contributed by atoms with Gasteiger partial charge in [0.15, 0.2) is 0 Å². The van der Waals surface area contributed by atoms with Crippen molar-refractivity contribution in [1.29, 1.82) is 0 Å². The van der Waals surface area contributed by atoms with Crippen LogP contribution in [0.3, 0.4) is 0 Å². The highest BCUT2D eigenvalue weighted by Crippen LogP contribution is 2.09. The van der Waals surface area contributed by atoms with Crippen LogP contribution in [0.1, 0.15) is 25.8 Å². The van der Waals surface area contributed by atoms with Gasteiger partial charge < -0.3 is 5.73 Å². The zero-order valence-electron chi connectivity index (χ0n) is 10.1. The molecule has 2 amide bonds. The first-order chi connectivity index (χ1) is 8.13. The van der Waals surface area contributed by atoms with Crippen molar-refractivity contribution in [2.24, 2.45) is 10.8 Å². The molecule has 0 radical (unpaired) electrons. The Morgan fingerprint density at radius 2 is 2.06 bits per heavy atom. The van der Waals surface area contributed by atoms with Gasteiger partial charge in [0, 0.05) is 0 Å². The third-order valence-corrected chi connectivity index (χ3v) is 2.27. The average Bonchev–Trinajstić information content (AvgIpc) is 2.30. The smallest absolute Gasteiger partial charge is 0.332 e. The number of amides is 2. The van der Waals surface area contributed by atoms with E-state index < -0.39 is 6.03 Å². The van der Waals surface area contributed by atoms with Gasteiger partial charge in [-0.2, -0.15) is 5.10 Å². The predicted molar refractivity (Wildman–Crippen MR) is 70.5 cm³/mol. The Morgan fingerprint density at radius 1 is 1.41 bits per heavy atom. The van der Waals surface area contributed by atoms with Gasteiger partial charge in [-0.25, -0.2) is 10.2 Å². The van der Waals surface area contributed by atoms with Crippen LogP contribution in [0.5, 0.6) is 0 Å². The van der Waals surface area contributed by atoms with E-state index in [9.17, 15) is 4.79 Å². The maximum atomic E-state index is 10.6. The second kappa shape index (κ2) is 6.48. The molecule has 3 N–H and O–H groups in total. The van der Waals surface area contributed by atoms with Crippen molar-refractivity contribution in [3.8, 4) is 0 Å². The van der Waals surface area contributed by atoms with Crippen LogP contribution in [-0.4, -0.2) is 11.7 Å². The van der Waals surface area contributed by atoms with Gasteiger partial charge in [-0.15, -0.1) is 0 Å². The molecule has 0 fully saturated rings.